The highest BCUT2D eigenvalue weighted by molar-refractivity contribution is 7.47. The number of carbonyl (C=O) groups excluding carboxylic acids is 3. The maximum Gasteiger partial charge on any atom is 0.472 e. The minimum absolute atomic E-state index is 0.0839. The topological polar surface area (TPSA) is 231 Å². The number of unbranched alkanes of at least 4 members (excludes halogenated alkanes) is 37. The van der Waals surface area contributed by atoms with E-state index in [9.17, 15) is 43.5 Å². The van der Waals surface area contributed by atoms with Crippen LogP contribution < -0.4 is 0 Å². The fourth-order valence-corrected chi connectivity index (χ4v) is 14.5. The summed E-state index contributed by atoms with van der Waals surface area (Å²) in [6, 6.07) is 0. The van der Waals surface area contributed by atoms with E-state index in [0.717, 1.165) is 186 Å². The number of phosphoric acid groups is 2. The Bertz CT molecular complexity index is 2930. The smallest absolute Gasteiger partial charge is 0.463 e. The second-order valence-corrected chi connectivity index (χ2v) is 34.6. The van der Waals surface area contributed by atoms with E-state index in [0.29, 0.717) is 19.3 Å². The highest BCUT2D eigenvalue weighted by atomic mass is 31.2. The van der Waals surface area contributed by atoms with E-state index in [2.05, 4.69) is 203 Å². The summed E-state index contributed by atoms with van der Waals surface area (Å²) in [5.74, 6) is -1.59. The lowest BCUT2D eigenvalue weighted by Gasteiger charge is -2.21. The van der Waals surface area contributed by atoms with Crippen LogP contribution in [0.2, 0.25) is 0 Å². The summed E-state index contributed by atoms with van der Waals surface area (Å²) in [6.45, 7) is 2.37. The second kappa shape index (κ2) is 93.8. The lowest BCUT2D eigenvalue weighted by atomic mass is 10.0. The van der Waals surface area contributed by atoms with Gasteiger partial charge in [-0.15, -0.1) is 0 Å². The van der Waals surface area contributed by atoms with Crippen LogP contribution in [0.25, 0.3) is 0 Å². The highest BCUT2D eigenvalue weighted by Crippen LogP contribution is 2.45. The zero-order valence-electron chi connectivity index (χ0n) is 76.4. The van der Waals surface area contributed by atoms with Crippen LogP contribution in [-0.4, -0.2) is 95.9 Å². The molecule has 5 atom stereocenters. The van der Waals surface area contributed by atoms with Crippen LogP contribution in [0.1, 0.15) is 393 Å². The Balaban J connectivity index is 4.51. The molecule has 0 aliphatic carbocycles. The summed E-state index contributed by atoms with van der Waals surface area (Å²) in [5, 5.41) is 20.8. The van der Waals surface area contributed by atoms with Crippen LogP contribution >= 0.6 is 15.6 Å². The fourth-order valence-electron chi connectivity index (χ4n) is 12.9. The Morgan fingerprint density at radius 3 is 0.653 bits per heavy atom. The Labute approximate surface area is 738 Å². The minimum Gasteiger partial charge on any atom is -0.463 e. The van der Waals surface area contributed by atoms with E-state index >= 15 is 0 Å². The molecule has 0 saturated carbocycles. The van der Waals surface area contributed by atoms with Gasteiger partial charge in [-0.1, -0.05) is 402 Å². The molecule has 0 aliphatic rings. The standard InChI is InChI=1S/C103H174O16P2/c1-4-7-10-13-16-19-22-25-28-31-34-36-38-40-42-44-46-47-48-49-51-53-54-56-58-60-63-65-68-71-74-77-80-83-86-89-101(106)113-92-98(104)93-115-120(109,110)116-94-99(105)95-117-121(111,112)118-97-100(119-103(108)91-88-85-82-79-76-73-70-67-62-33-30-27-24-21-18-15-12-9-6-3)96-114-102(107)90-87-84-81-78-75-72-69-66-64-61-59-57-55-52-50-45-43-41-39-37-35-32-29-26-23-20-17-14-11-8-5-2/h7-12,16-21,25-30,34-37,40-43,50,52,62,67,98-100,104-105H,4-6,13-15,22-24,31-33,38-39,44-49,51,53-61,63-66,68-97H2,1-3H3,(H,109,110)(H,111,112)/b10-7-,11-8-,12-9-,19-16-,20-17-,21-18-,28-25-,29-26-,30-27-,36-34-,37-35-,42-40-,43-41-,52-50-,67-62-. The molecule has 0 saturated heterocycles. The van der Waals surface area contributed by atoms with Gasteiger partial charge in [0.15, 0.2) is 6.10 Å². The van der Waals surface area contributed by atoms with Crippen LogP contribution in [0.3, 0.4) is 0 Å². The monoisotopic (exact) mass is 1730 g/mol. The number of phosphoric ester groups is 2. The molecular formula is C103H174O16P2. The first-order chi connectivity index (χ1) is 59.2. The first-order valence-corrected chi connectivity index (χ1v) is 51.1. The molecule has 18 heteroatoms. The molecule has 121 heavy (non-hydrogen) atoms. The number of carbonyl (C=O) groups is 3. The molecule has 5 unspecified atom stereocenters. The third kappa shape index (κ3) is 95.2. The number of hydrogen-bond acceptors (Lipinski definition) is 14. The summed E-state index contributed by atoms with van der Waals surface area (Å²) >= 11 is 0. The molecule has 4 N–H and O–H groups in total. The first-order valence-electron chi connectivity index (χ1n) is 48.1. The summed E-state index contributed by atoms with van der Waals surface area (Å²) in [7, 11) is -9.82. The molecule has 0 heterocycles. The van der Waals surface area contributed by atoms with Crippen molar-refractivity contribution in [3.8, 4) is 0 Å². The molecule has 0 aromatic heterocycles. The van der Waals surface area contributed by atoms with Gasteiger partial charge in [-0.3, -0.25) is 32.5 Å². The minimum atomic E-state index is -4.95. The molecule has 16 nitrogen and oxygen atoms in total. The second-order valence-electron chi connectivity index (χ2n) is 31.7. The Hall–Kier alpha value is -5.35. The number of hydrogen-bond donors (Lipinski definition) is 4. The van der Waals surface area contributed by atoms with E-state index in [1.165, 1.54) is 148 Å². The van der Waals surface area contributed by atoms with E-state index in [4.69, 9.17) is 32.3 Å². The van der Waals surface area contributed by atoms with E-state index < -0.39 is 91.5 Å². The van der Waals surface area contributed by atoms with Crippen LogP contribution in [0, 0.1) is 0 Å². The first kappa shape index (κ1) is 116. The van der Waals surface area contributed by atoms with Gasteiger partial charge in [0.2, 0.25) is 0 Å². The maximum atomic E-state index is 13.1. The van der Waals surface area contributed by atoms with Gasteiger partial charge in [0.05, 0.1) is 26.4 Å². The summed E-state index contributed by atoms with van der Waals surface area (Å²) < 4.78 is 61.5. The Morgan fingerprint density at radius 1 is 0.231 bits per heavy atom. The normalized spacial score (nSPS) is 14.5. The van der Waals surface area contributed by atoms with Gasteiger partial charge in [0.25, 0.3) is 0 Å². The molecule has 0 amide bonds. The van der Waals surface area contributed by atoms with Gasteiger partial charge in [-0.05, 0) is 154 Å². The lowest BCUT2D eigenvalue weighted by Crippen LogP contribution is -2.30. The van der Waals surface area contributed by atoms with Crippen LogP contribution in [-0.2, 0) is 55.8 Å². The summed E-state index contributed by atoms with van der Waals surface area (Å²) in [5.41, 5.74) is 0. The predicted octanol–water partition coefficient (Wildman–Crippen LogP) is 30.0. The van der Waals surface area contributed by atoms with Gasteiger partial charge in [0, 0.05) is 19.3 Å². The summed E-state index contributed by atoms with van der Waals surface area (Å²) in [6.07, 6.45) is 124. The zero-order chi connectivity index (χ0) is 87.9. The van der Waals surface area contributed by atoms with Gasteiger partial charge in [-0.25, -0.2) is 9.13 Å². The third-order valence-electron chi connectivity index (χ3n) is 20.1. The van der Waals surface area contributed by atoms with Crippen molar-refractivity contribution in [2.45, 2.75) is 411 Å². The number of aliphatic hydroxyl groups excluding tert-OH is 2. The number of aliphatic hydroxyl groups is 2. The fraction of sp³-hybridized carbons (Fsp3) is 0.680. The van der Waals surface area contributed by atoms with Gasteiger partial charge in [-0.2, -0.15) is 0 Å². The van der Waals surface area contributed by atoms with Gasteiger partial charge >= 0.3 is 33.6 Å². The van der Waals surface area contributed by atoms with Crippen molar-refractivity contribution in [3.05, 3.63) is 182 Å². The van der Waals surface area contributed by atoms with E-state index in [1.54, 1.807) is 0 Å². The zero-order valence-corrected chi connectivity index (χ0v) is 78.2. The molecule has 0 bridgehead atoms. The van der Waals surface area contributed by atoms with Crippen LogP contribution in [0.5, 0.6) is 0 Å². The van der Waals surface area contributed by atoms with Gasteiger partial charge in [0.1, 0.15) is 25.4 Å². The molecule has 0 spiro atoms. The summed E-state index contributed by atoms with van der Waals surface area (Å²) in [4.78, 5) is 59.0. The number of rotatable bonds is 90. The van der Waals surface area contributed by atoms with Crippen molar-refractivity contribution >= 4 is 33.6 Å². The van der Waals surface area contributed by atoms with Crippen molar-refractivity contribution in [1.29, 1.82) is 0 Å². The molecule has 0 radical (unpaired) electrons. The quantitative estimate of drug-likeness (QED) is 0.0146. The SMILES string of the molecule is CC/C=C\C/C=C\C/C=C\C/C=C\C/C=C\C/C=C\CCCCCCCCCCCCCCC(=O)OCC(COP(=O)(O)OCC(O)COP(=O)(O)OCC(O)COC(=O)CCCCCCCCCCCCCCCCCCCCC/C=C\C/C=C\C/C=C\C/C=C\C/C=C\CC)OC(=O)CCCCCCCC/C=C\C/C=C\C/C=C\C/C=C\CC. The number of esters is 3. The largest absolute Gasteiger partial charge is 0.472 e. The number of ether oxygens (including phenoxy) is 3. The molecule has 0 aliphatic heterocycles. The molecule has 0 rings (SSSR count). The molecule has 0 aromatic rings. The lowest BCUT2D eigenvalue weighted by molar-refractivity contribution is -0.161. The average Bonchev–Trinajstić information content (AvgIpc) is 0.900. The average molecular weight is 1730 g/mol. The highest BCUT2D eigenvalue weighted by Gasteiger charge is 2.30. The van der Waals surface area contributed by atoms with E-state index in [-0.39, 0.29) is 19.3 Å². The van der Waals surface area contributed by atoms with Crippen molar-refractivity contribution in [3.63, 3.8) is 0 Å². The Kier molecular flexibility index (Phi) is 89.6. The van der Waals surface area contributed by atoms with Crippen molar-refractivity contribution in [2.24, 2.45) is 0 Å². The van der Waals surface area contributed by atoms with E-state index in [1.807, 2.05) is 0 Å². The number of allylic oxidation sites excluding steroid dienone is 30. The van der Waals surface area contributed by atoms with Crippen molar-refractivity contribution < 1.29 is 75.8 Å². The van der Waals surface area contributed by atoms with Crippen molar-refractivity contribution in [1.82, 2.24) is 0 Å². The molecule has 0 fully saturated rings. The van der Waals surface area contributed by atoms with Gasteiger partial charge < -0.3 is 34.2 Å². The molecule has 692 valence electrons. The Morgan fingerprint density at radius 2 is 0.413 bits per heavy atom. The van der Waals surface area contributed by atoms with Crippen LogP contribution in [0.15, 0.2) is 182 Å². The van der Waals surface area contributed by atoms with Crippen LogP contribution in [0.4, 0.5) is 0 Å². The molecule has 0 aromatic carbocycles. The molecular weight excluding hydrogens is 1560 g/mol. The predicted molar refractivity (Wildman–Crippen MR) is 509 cm³/mol. The maximum absolute atomic E-state index is 13.1. The third-order valence-corrected chi connectivity index (χ3v) is 22.0. The van der Waals surface area contributed by atoms with Crippen molar-refractivity contribution in [2.75, 3.05) is 39.6 Å².